The van der Waals surface area contributed by atoms with E-state index in [-0.39, 0.29) is 22.2 Å². The summed E-state index contributed by atoms with van der Waals surface area (Å²) in [5.74, 6) is 1.20. The van der Waals surface area contributed by atoms with Crippen LogP contribution >= 0.6 is 11.6 Å². The maximum atomic E-state index is 13.0. The maximum Gasteiger partial charge on any atom is 0.417 e. The number of anilines is 2. The van der Waals surface area contributed by atoms with E-state index in [1.54, 1.807) is 37.4 Å². The first-order chi connectivity index (χ1) is 15.6. The van der Waals surface area contributed by atoms with Crippen LogP contribution in [0.2, 0.25) is 5.02 Å². The highest BCUT2D eigenvalue weighted by Gasteiger charge is 2.33. The van der Waals surface area contributed by atoms with Crippen LogP contribution in [-0.4, -0.2) is 14.5 Å². The van der Waals surface area contributed by atoms with E-state index in [1.165, 1.54) is 22.9 Å². The van der Waals surface area contributed by atoms with E-state index in [2.05, 4.69) is 27.2 Å². The lowest BCUT2D eigenvalue weighted by Crippen LogP contribution is -2.12. The molecule has 4 aromatic rings. The smallest absolute Gasteiger partial charge is 0.417 e. The van der Waals surface area contributed by atoms with Crippen LogP contribution in [-0.2, 0) is 13.2 Å². The first-order valence-corrected chi connectivity index (χ1v) is 9.91. The van der Waals surface area contributed by atoms with Gasteiger partial charge in [0.25, 0.3) is 0 Å². The Morgan fingerprint density at radius 2 is 1.79 bits per heavy atom. The number of hydrogen-bond donors (Lipinski definition) is 3. The van der Waals surface area contributed by atoms with Crippen molar-refractivity contribution in [2.24, 2.45) is 7.05 Å². The number of imidazole rings is 1. The number of pyridine rings is 1. The third kappa shape index (κ3) is 4.80. The fourth-order valence-electron chi connectivity index (χ4n) is 3.11. The number of aromatic amines is 1. The van der Waals surface area contributed by atoms with Crippen LogP contribution in [0.3, 0.4) is 0 Å². The van der Waals surface area contributed by atoms with Gasteiger partial charge in [0.1, 0.15) is 17.1 Å². The van der Waals surface area contributed by atoms with Gasteiger partial charge in [-0.2, -0.15) is 13.2 Å². The number of aromatic nitrogens is 3. The molecule has 4 rings (SSSR count). The van der Waals surface area contributed by atoms with Gasteiger partial charge in [0.2, 0.25) is 0 Å². The first kappa shape index (κ1) is 22.3. The van der Waals surface area contributed by atoms with Gasteiger partial charge in [0.15, 0.2) is 11.4 Å². The quantitative estimate of drug-likeness (QED) is 0.332. The lowest BCUT2D eigenvalue weighted by atomic mass is 10.2. The number of benzene rings is 2. The van der Waals surface area contributed by atoms with Crippen LogP contribution in [0.25, 0.3) is 11.2 Å². The standard InChI is InChI=1S/C22H17ClF3N5O2/c1-12(29-14-5-8-17(23)16(11-14)22(24,25)26)28-13-3-6-15(7-4-13)33-18-9-10-27-20-19(18)30-21(32)31(20)2/h3-11,28-29H,1H2,2H3,(H,30,32). The minimum atomic E-state index is -4.56. The van der Waals surface area contributed by atoms with Crippen molar-refractivity contribution in [1.29, 1.82) is 0 Å². The maximum absolute atomic E-state index is 13.0. The van der Waals surface area contributed by atoms with Gasteiger partial charge in [-0.15, -0.1) is 0 Å². The number of ether oxygens (including phenoxy) is 1. The fraction of sp³-hybridized carbons (Fsp3) is 0.0909. The topological polar surface area (TPSA) is 84.0 Å². The van der Waals surface area contributed by atoms with E-state index < -0.39 is 11.7 Å². The Morgan fingerprint density at radius 1 is 1.12 bits per heavy atom. The van der Waals surface area contributed by atoms with E-state index >= 15 is 0 Å². The molecule has 0 radical (unpaired) electrons. The Balaban J connectivity index is 1.44. The summed E-state index contributed by atoms with van der Waals surface area (Å²) in [7, 11) is 1.60. The number of hydrogen-bond acceptors (Lipinski definition) is 5. The number of rotatable bonds is 6. The molecule has 2 aromatic heterocycles. The highest BCUT2D eigenvalue weighted by Crippen LogP contribution is 2.36. The number of aryl methyl sites for hydroxylation is 1. The third-order valence-electron chi connectivity index (χ3n) is 4.69. The van der Waals surface area contributed by atoms with Crippen LogP contribution in [0, 0.1) is 0 Å². The third-order valence-corrected chi connectivity index (χ3v) is 5.02. The normalized spacial score (nSPS) is 11.4. The van der Waals surface area contributed by atoms with Crippen LogP contribution in [0.15, 0.2) is 71.9 Å². The molecule has 7 nitrogen and oxygen atoms in total. The largest absolute Gasteiger partial charge is 0.455 e. The highest BCUT2D eigenvalue weighted by molar-refractivity contribution is 6.31. The highest BCUT2D eigenvalue weighted by atomic mass is 35.5. The Labute approximate surface area is 190 Å². The van der Waals surface area contributed by atoms with Gasteiger partial charge < -0.3 is 20.4 Å². The minimum Gasteiger partial charge on any atom is -0.455 e. The van der Waals surface area contributed by atoms with Crippen molar-refractivity contribution < 1.29 is 17.9 Å². The van der Waals surface area contributed by atoms with Gasteiger partial charge in [-0.05, 0) is 42.5 Å². The molecule has 0 bridgehead atoms. The van der Waals surface area contributed by atoms with Crippen molar-refractivity contribution in [3.63, 3.8) is 0 Å². The number of nitrogens with one attached hydrogen (secondary N) is 3. The Bertz CT molecular complexity index is 1390. The zero-order chi connectivity index (χ0) is 23.8. The minimum absolute atomic E-state index is 0.183. The van der Waals surface area contributed by atoms with Crippen LogP contribution in [0.5, 0.6) is 11.5 Å². The predicted molar refractivity (Wildman–Crippen MR) is 121 cm³/mol. The molecular weight excluding hydrogens is 459 g/mol. The molecule has 0 unspecified atom stereocenters. The Hall–Kier alpha value is -3.92. The van der Waals surface area contributed by atoms with Crippen LogP contribution in [0.4, 0.5) is 24.5 Å². The van der Waals surface area contributed by atoms with Gasteiger partial charge in [-0.1, -0.05) is 18.2 Å². The summed E-state index contributed by atoms with van der Waals surface area (Å²) in [6.07, 6.45) is -3.02. The van der Waals surface area contributed by atoms with Gasteiger partial charge in [0.05, 0.1) is 10.6 Å². The lowest BCUT2D eigenvalue weighted by molar-refractivity contribution is -0.137. The molecule has 2 heterocycles. The van der Waals surface area contributed by atoms with Crippen molar-refractivity contribution >= 4 is 34.1 Å². The molecule has 0 fully saturated rings. The Kier molecular flexibility index (Phi) is 5.77. The molecule has 11 heteroatoms. The summed E-state index contributed by atoms with van der Waals surface area (Å²) in [6, 6.07) is 11.9. The van der Waals surface area contributed by atoms with E-state index in [0.717, 1.165) is 6.07 Å². The summed E-state index contributed by atoms with van der Waals surface area (Å²) in [4.78, 5) is 18.7. The zero-order valence-electron chi connectivity index (χ0n) is 17.1. The molecule has 0 aliphatic rings. The number of alkyl halides is 3. The number of halogens is 4. The number of nitrogens with zero attached hydrogens (tertiary/aromatic N) is 2. The predicted octanol–water partition coefficient (Wildman–Crippen LogP) is 5.72. The monoisotopic (exact) mass is 475 g/mol. The van der Waals surface area contributed by atoms with Gasteiger partial charge in [-0.25, -0.2) is 9.78 Å². The second-order valence-electron chi connectivity index (χ2n) is 7.04. The van der Waals surface area contributed by atoms with Gasteiger partial charge in [-0.3, -0.25) is 4.57 Å². The molecule has 0 amide bonds. The molecule has 0 aliphatic carbocycles. The van der Waals surface area contributed by atoms with Crippen molar-refractivity contribution in [2.45, 2.75) is 6.18 Å². The average Bonchev–Trinajstić information content (AvgIpc) is 3.05. The van der Waals surface area contributed by atoms with E-state index in [4.69, 9.17) is 16.3 Å². The fourth-order valence-corrected chi connectivity index (χ4v) is 3.34. The van der Waals surface area contributed by atoms with E-state index in [1.807, 2.05) is 0 Å². The van der Waals surface area contributed by atoms with Crippen molar-refractivity contribution in [3.8, 4) is 11.5 Å². The second-order valence-corrected chi connectivity index (χ2v) is 7.45. The van der Waals surface area contributed by atoms with Gasteiger partial charge >= 0.3 is 11.9 Å². The van der Waals surface area contributed by atoms with Gasteiger partial charge in [0, 0.05) is 30.7 Å². The molecule has 3 N–H and O–H groups in total. The molecule has 2 aromatic carbocycles. The van der Waals surface area contributed by atoms with Crippen LogP contribution < -0.4 is 21.1 Å². The number of fused-ring (bicyclic) bond motifs is 1. The molecule has 170 valence electrons. The Morgan fingerprint density at radius 3 is 2.48 bits per heavy atom. The lowest BCUT2D eigenvalue weighted by Gasteiger charge is -2.15. The summed E-state index contributed by atoms with van der Waals surface area (Å²) < 4.78 is 46.3. The molecule has 0 spiro atoms. The summed E-state index contributed by atoms with van der Waals surface area (Å²) in [6.45, 7) is 3.78. The van der Waals surface area contributed by atoms with Crippen molar-refractivity contribution in [2.75, 3.05) is 10.6 Å². The second kappa shape index (κ2) is 8.55. The van der Waals surface area contributed by atoms with Crippen LogP contribution in [0.1, 0.15) is 5.56 Å². The summed E-state index contributed by atoms with van der Waals surface area (Å²) in [5.41, 5.74) is 0.510. The van der Waals surface area contributed by atoms with Crippen molar-refractivity contribution in [3.05, 3.63) is 88.2 Å². The number of H-pyrrole nitrogens is 1. The molecule has 0 saturated carbocycles. The summed E-state index contributed by atoms with van der Waals surface area (Å²) in [5, 5.41) is 5.35. The molecule has 33 heavy (non-hydrogen) atoms. The average molecular weight is 476 g/mol. The molecule has 0 saturated heterocycles. The van der Waals surface area contributed by atoms with E-state index in [0.29, 0.717) is 28.4 Å². The first-order valence-electron chi connectivity index (χ1n) is 9.53. The molecular formula is C22H17ClF3N5O2. The van der Waals surface area contributed by atoms with Crippen molar-refractivity contribution in [1.82, 2.24) is 14.5 Å². The molecule has 0 aliphatic heterocycles. The SMILES string of the molecule is C=C(Nc1ccc(Oc2ccnc3c2[nH]c(=O)n3C)cc1)Nc1ccc(Cl)c(C(F)(F)F)c1. The van der Waals surface area contributed by atoms with E-state index in [9.17, 15) is 18.0 Å². The molecule has 0 atom stereocenters. The zero-order valence-corrected chi connectivity index (χ0v) is 17.9. The summed E-state index contributed by atoms with van der Waals surface area (Å²) >= 11 is 5.64.